The Bertz CT molecular complexity index is 692. The summed E-state index contributed by atoms with van der Waals surface area (Å²) in [6.45, 7) is 6.86. The van der Waals surface area contributed by atoms with E-state index in [0.717, 1.165) is 19.5 Å². The van der Waals surface area contributed by atoms with Gasteiger partial charge in [-0.1, -0.05) is 18.2 Å². The molecule has 0 aliphatic carbocycles. The number of hydrogen-bond donors (Lipinski definition) is 1. The minimum atomic E-state index is -0.0408. The number of hydrogen-bond acceptors (Lipinski definition) is 3. The Balaban J connectivity index is 1.46. The summed E-state index contributed by atoms with van der Waals surface area (Å²) in [4.78, 5) is 14.6. The molecule has 0 radical (unpaired) electrons. The fourth-order valence-electron chi connectivity index (χ4n) is 3.16. The number of carbonyl (C=O) groups is 1. The average molecular weight is 326 g/mol. The van der Waals surface area contributed by atoms with Crippen LogP contribution < -0.4 is 10.2 Å². The second kappa shape index (κ2) is 7.51. The first-order valence-corrected chi connectivity index (χ1v) is 8.80. The number of aromatic nitrogens is 2. The zero-order valence-electron chi connectivity index (χ0n) is 14.5. The number of nitrogens with one attached hydrogen (secondary N) is 1. The molecule has 0 atom stereocenters. The van der Waals surface area contributed by atoms with Crippen LogP contribution in [0.25, 0.3) is 0 Å². The molecule has 2 heterocycles. The van der Waals surface area contributed by atoms with Gasteiger partial charge in [0.1, 0.15) is 0 Å². The second-order valence-corrected chi connectivity index (χ2v) is 6.63. The topological polar surface area (TPSA) is 50.2 Å². The molecule has 1 N–H and O–H groups in total. The number of anilines is 1. The molecule has 0 saturated carbocycles. The van der Waals surface area contributed by atoms with E-state index in [4.69, 9.17) is 0 Å². The molecule has 1 aromatic carbocycles. The highest BCUT2D eigenvalue weighted by Crippen LogP contribution is 2.26. The lowest BCUT2D eigenvalue weighted by Gasteiger charge is -2.31. The monoisotopic (exact) mass is 326 g/mol. The van der Waals surface area contributed by atoms with E-state index in [2.05, 4.69) is 39.6 Å². The van der Waals surface area contributed by atoms with Crippen molar-refractivity contribution in [3.63, 3.8) is 0 Å². The van der Waals surface area contributed by atoms with E-state index < -0.39 is 0 Å². The Morgan fingerprint density at radius 2 is 2.17 bits per heavy atom. The molecule has 1 aliphatic heterocycles. The summed E-state index contributed by atoms with van der Waals surface area (Å²) in [7, 11) is 0. The molecule has 1 amide bonds. The molecule has 0 fully saturated rings. The maximum absolute atomic E-state index is 12.2. The summed E-state index contributed by atoms with van der Waals surface area (Å²) in [6, 6.07) is 8.90. The van der Waals surface area contributed by atoms with E-state index in [1.54, 1.807) is 17.1 Å². The highest BCUT2D eigenvalue weighted by molar-refractivity contribution is 5.93. The first-order chi connectivity index (χ1) is 11.6. The van der Waals surface area contributed by atoms with E-state index in [-0.39, 0.29) is 11.9 Å². The van der Waals surface area contributed by atoms with E-state index in [1.807, 2.05) is 13.8 Å². The van der Waals surface area contributed by atoms with E-state index in [0.29, 0.717) is 12.1 Å². The second-order valence-electron chi connectivity index (χ2n) is 6.63. The van der Waals surface area contributed by atoms with Crippen molar-refractivity contribution < 1.29 is 4.79 Å². The van der Waals surface area contributed by atoms with Crippen molar-refractivity contribution in [1.82, 2.24) is 15.1 Å². The van der Waals surface area contributed by atoms with Gasteiger partial charge in [0.05, 0.1) is 11.8 Å². The van der Waals surface area contributed by atoms with E-state index in [9.17, 15) is 4.79 Å². The Morgan fingerprint density at radius 3 is 2.96 bits per heavy atom. The molecule has 128 valence electrons. The number of para-hydroxylation sites is 1. The standard InChI is InChI=1S/C19H26N4O/c1-15(2)23-14-17(13-21-23)19(24)20-10-6-12-22-11-5-8-16-7-3-4-9-18(16)22/h3-4,7,9,13-15H,5-6,8,10-12H2,1-2H3,(H,20,24). The summed E-state index contributed by atoms with van der Waals surface area (Å²) in [5.74, 6) is -0.0408. The molecule has 5 heteroatoms. The summed E-state index contributed by atoms with van der Waals surface area (Å²) >= 11 is 0. The fraction of sp³-hybridized carbons (Fsp3) is 0.474. The molecule has 0 bridgehead atoms. The van der Waals surface area contributed by atoms with Gasteiger partial charge < -0.3 is 10.2 Å². The minimum absolute atomic E-state index is 0.0408. The smallest absolute Gasteiger partial charge is 0.254 e. The van der Waals surface area contributed by atoms with Gasteiger partial charge >= 0.3 is 0 Å². The average Bonchev–Trinajstić information content (AvgIpc) is 3.09. The predicted molar refractivity (Wildman–Crippen MR) is 96.5 cm³/mol. The maximum atomic E-state index is 12.2. The third-order valence-electron chi connectivity index (χ3n) is 4.49. The Hall–Kier alpha value is -2.30. The number of rotatable bonds is 6. The molecule has 0 spiro atoms. The molecular weight excluding hydrogens is 300 g/mol. The van der Waals surface area contributed by atoms with Crippen molar-refractivity contribution in [3.05, 3.63) is 47.8 Å². The number of aryl methyl sites for hydroxylation is 1. The molecule has 1 aliphatic rings. The van der Waals surface area contributed by atoms with Crippen molar-refractivity contribution >= 4 is 11.6 Å². The van der Waals surface area contributed by atoms with Gasteiger partial charge in [0.2, 0.25) is 0 Å². The number of amides is 1. The summed E-state index contributed by atoms with van der Waals surface area (Å²) in [6.07, 6.45) is 6.76. The van der Waals surface area contributed by atoms with E-state index >= 15 is 0 Å². The van der Waals surface area contributed by atoms with Crippen LogP contribution in [0.3, 0.4) is 0 Å². The van der Waals surface area contributed by atoms with Gasteiger partial charge in [-0.15, -0.1) is 0 Å². The van der Waals surface area contributed by atoms with Crippen molar-refractivity contribution in [2.45, 2.75) is 39.2 Å². The van der Waals surface area contributed by atoms with Gasteiger partial charge in [-0.3, -0.25) is 9.48 Å². The van der Waals surface area contributed by atoms with Gasteiger partial charge in [-0.25, -0.2) is 0 Å². The van der Waals surface area contributed by atoms with Gasteiger partial charge in [0.25, 0.3) is 5.91 Å². The van der Waals surface area contributed by atoms with Crippen LogP contribution >= 0.6 is 0 Å². The zero-order chi connectivity index (χ0) is 16.9. The first-order valence-electron chi connectivity index (χ1n) is 8.80. The van der Waals surface area contributed by atoms with Gasteiger partial charge in [-0.2, -0.15) is 5.10 Å². The number of carbonyl (C=O) groups excluding carboxylic acids is 1. The summed E-state index contributed by atoms with van der Waals surface area (Å²) in [5, 5.41) is 7.21. The Labute approximate surface area is 143 Å². The van der Waals surface area contributed by atoms with Crippen LogP contribution in [0.1, 0.15) is 48.7 Å². The van der Waals surface area contributed by atoms with Crippen LogP contribution in [0.5, 0.6) is 0 Å². The van der Waals surface area contributed by atoms with Gasteiger partial charge in [-0.05, 0) is 44.7 Å². The zero-order valence-corrected chi connectivity index (χ0v) is 14.5. The summed E-state index contributed by atoms with van der Waals surface area (Å²) < 4.78 is 1.81. The molecule has 5 nitrogen and oxygen atoms in total. The molecule has 3 rings (SSSR count). The quantitative estimate of drug-likeness (QED) is 0.830. The Kier molecular flexibility index (Phi) is 5.18. The molecule has 2 aromatic rings. The molecule has 1 aromatic heterocycles. The lowest BCUT2D eigenvalue weighted by molar-refractivity contribution is 0.0953. The fourth-order valence-corrected chi connectivity index (χ4v) is 3.16. The lowest BCUT2D eigenvalue weighted by atomic mass is 10.0. The van der Waals surface area contributed by atoms with Crippen molar-refractivity contribution in [2.75, 3.05) is 24.5 Å². The SMILES string of the molecule is CC(C)n1cc(C(=O)NCCCN2CCCc3ccccc32)cn1. The number of nitrogens with zero attached hydrogens (tertiary/aromatic N) is 3. The lowest BCUT2D eigenvalue weighted by Crippen LogP contribution is -2.33. The Morgan fingerprint density at radius 1 is 1.33 bits per heavy atom. The third-order valence-corrected chi connectivity index (χ3v) is 4.49. The van der Waals surface area contributed by atoms with Crippen LogP contribution in [0, 0.1) is 0 Å². The van der Waals surface area contributed by atoms with Crippen LogP contribution in [0.2, 0.25) is 0 Å². The molecule has 24 heavy (non-hydrogen) atoms. The molecular formula is C19H26N4O. The molecule has 0 saturated heterocycles. The van der Waals surface area contributed by atoms with Crippen molar-refractivity contribution in [1.29, 1.82) is 0 Å². The van der Waals surface area contributed by atoms with Crippen LogP contribution in [0.15, 0.2) is 36.7 Å². The highest BCUT2D eigenvalue weighted by Gasteiger charge is 2.15. The first kappa shape index (κ1) is 16.6. The van der Waals surface area contributed by atoms with E-state index in [1.165, 1.54) is 24.1 Å². The van der Waals surface area contributed by atoms with Crippen molar-refractivity contribution in [2.24, 2.45) is 0 Å². The van der Waals surface area contributed by atoms with Crippen LogP contribution in [0.4, 0.5) is 5.69 Å². The third kappa shape index (κ3) is 3.78. The van der Waals surface area contributed by atoms with Gasteiger partial charge in [0, 0.05) is 37.6 Å². The maximum Gasteiger partial charge on any atom is 0.254 e. The molecule has 0 unspecified atom stereocenters. The predicted octanol–water partition coefficient (Wildman–Crippen LogP) is 3.04. The largest absolute Gasteiger partial charge is 0.371 e. The normalized spacial score (nSPS) is 13.9. The van der Waals surface area contributed by atoms with Crippen molar-refractivity contribution in [3.8, 4) is 0 Å². The van der Waals surface area contributed by atoms with Crippen LogP contribution in [-0.2, 0) is 6.42 Å². The minimum Gasteiger partial charge on any atom is -0.371 e. The van der Waals surface area contributed by atoms with Gasteiger partial charge in [0.15, 0.2) is 0 Å². The van der Waals surface area contributed by atoms with Crippen LogP contribution in [-0.4, -0.2) is 35.3 Å². The highest BCUT2D eigenvalue weighted by atomic mass is 16.1. The summed E-state index contributed by atoms with van der Waals surface area (Å²) in [5.41, 5.74) is 3.43. The number of benzene rings is 1. The number of fused-ring (bicyclic) bond motifs is 1.